The van der Waals surface area contributed by atoms with Gasteiger partial charge in [-0.3, -0.25) is 0 Å². The number of para-hydroxylation sites is 2. The first-order chi connectivity index (χ1) is 7.75. The van der Waals surface area contributed by atoms with E-state index in [1.54, 1.807) is 0 Å². The van der Waals surface area contributed by atoms with Crippen molar-refractivity contribution in [3.63, 3.8) is 0 Å². The first-order valence-electron chi connectivity index (χ1n) is 5.95. The number of fused-ring (bicyclic) bond motifs is 1. The van der Waals surface area contributed by atoms with Gasteiger partial charge in [-0.2, -0.15) is 0 Å². The number of nitrogens with one attached hydrogen (secondary N) is 1. The van der Waals surface area contributed by atoms with Gasteiger partial charge in [-0.15, -0.1) is 0 Å². The molecule has 0 saturated carbocycles. The zero-order valence-corrected chi connectivity index (χ0v) is 9.74. The second-order valence-electron chi connectivity index (χ2n) is 4.42. The summed E-state index contributed by atoms with van der Waals surface area (Å²) in [5.41, 5.74) is 7.90. The summed E-state index contributed by atoms with van der Waals surface area (Å²) in [6, 6.07) is 8.46. The fraction of sp³-hybridized carbons (Fsp3) is 0.462. The first kappa shape index (κ1) is 11.1. The SMILES string of the molecule is CC(N)CCCCc1nc2ccccc2[nH]1. The molecule has 2 aromatic rings. The predicted octanol–water partition coefficient (Wildman–Crippen LogP) is 2.62. The van der Waals surface area contributed by atoms with Gasteiger partial charge in [0.25, 0.3) is 0 Å². The third kappa shape index (κ3) is 2.83. The highest BCUT2D eigenvalue weighted by atomic mass is 14.9. The van der Waals surface area contributed by atoms with Gasteiger partial charge >= 0.3 is 0 Å². The number of aromatic nitrogens is 2. The van der Waals surface area contributed by atoms with Crippen molar-refractivity contribution < 1.29 is 0 Å². The Bertz CT molecular complexity index is 412. The minimum Gasteiger partial charge on any atom is -0.342 e. The molecule has 3 nitrogen and oxygen atoms in total. The third-order valence-electron chi connectivity index (χ3n) is 2.76. The summed E-state index contributed by atoms with van der Waals surface area (Å²) in [7, 11) is 0. The van der Waals surface area contributed by atoms with Gasteiger partial charge in [-0.25, -0.2) is 4.98 Å². The Balaban J connectivity index is 1.89. The quantitative estimate of drug-likeness (QED) is 0.756. The van der Waals surface area contributed by atoms with E-state index in [4.69, 9.17) is 5.73 Å². The minimum absolute atomic E-state index is 0.315. The van der Waals surface area contributed by atoms with E-state index in [2.05, 4.69) is 23.0 Å². The molecule has 0 spiro atoms. The second-order valence-corrected chi connectivity index (χ2v) is 4.42. The number of unbranched alkanes of at least 4 members (excludes halogenated alkanes) is 1. The molecule has 2 rings (SSSR count). The number of nitrogens with two attached hydrogens (primary N) is 1. The van der Waals surface area contributed by atoms with Gasteiger partial charge in [-0.05, 0) is 31.9 Å². The maximum atomic E-state index is 5.71. The number of hydrogen-bond donors (Lipinski definition) is 2. The number of aromatic amines is 1. The monoisotopic (exact) mass is 217 g/mol. The summed E-state index contributed by atoms with van der Waals surface area (Å²) in [5.74, 6) is 1.09. The molecule has 0 fully saturated rings. The van der Waals surface area contributed by atoms with Crippen molar-refractivity contribution in [1.29, 1.82) is 0 Å². The largest absolute Gasteiger partial charge is 0.342 e. The third-order valence-corrected chi connectivity index (χ3v) is 2.76. The summed E-state index contributed by atoms with van der Waals surface area (Å²) in [4.78, 5) is 7.88. The standard InChI is InChI=1S/C13H19N3/c1-10(14)6-2-5-9-13-15-11-7-3-4-8-12(11)16-13/h3-4,7-8,10H,2,5-6,9,14H2,1H3,(H,15,16). The molecular formula is C13H19N3. The average molecular weight is 217 g/mol. The molecule has 0 radical (unpaired) electrons. The van der Waals surface area contributed by atoms with Crippen LogP contribution in [0.5, 0.6) is 0 Å². The molecule has 0 aliphatic carbocycles. The number of imidazole rings is 1. The van der Waals surface area contributed by atoms with Gasteiger partial charge in [-0.1, -0.05) is 18.6 Å². The number of nitrogens with zero attached hydrogens (tertiary/aromatic N) is 1. The maximum Gasteiger partial charge on any atom is 0.107 e. The van der Waals surface area contributed by atoms with Gasteiger partial charge < -0.3 is 10.7 Å². The Morgan fingerprint density at radius 1 is 1.31 bits per heavy atom. The molecule has 1 heterocycles. The summed E-state index contributed by atoms with van der Waals surface area (Å²) < 4.78 is 0. The van der Waals surface area contributed by atoms with Gasteiger partial charge in [0.2, 0.25) is 0 Å². The predicted molar refractivity (Wildman–Crippen MR) is 67.3 cm³/mol. The van der Waals surface area contributed by atoms with E-state index in [9.17, 15) is 0 Å². The lowest BCUT2D eigenvalue weighted by Crippen LogP contribution is -2.14. The molecule has 1 aromatic heterocycles. The van der Waals surface area contributed by atoms with Crippen LogP contribution >= 0.6 is 0 Å². The summed E-state index contributed by atoms with van der Waals surface area (Å²) >= 11 is 0. The summed E-state index contributed by atoms with van der Waals surface area (Å²) in [6.07, 6.45) is 4.44. The van der Waals surface area contributed by atoms with Crippen molar-refractivity contribution in [1.82, 2.24) is 9.97 Å². The van der Waals surface area contributed by atoms with Crippen LogP contribution in [0.2, 0.25) is 0 Å². The van der Waals surface area contributed by atoms with Crippen LogP contribution in [0.4, 0.5) is 0 Å². The highest BCUT2D eigenvalue weighted by Gasteiger charge is 2.01. The maximum absolute atomic E-state index is 5.71. The molecule has 0 amide bonds. The molecule has 1 unspecified atom stereocenters. The van der Waals surface area contributed by atoms with Gasteiger partial charge in [0.15, 0.2) is 0 Å². The molecule has 3 heteroatoms. The van der Waals surface area contributed by atoms with Crippen LogP contribution in [0, 0.1) is 0 Å². The van der Waals surface area contributed by atoms with Crippen molar-refractivity contribution in [3.8, 4) is 0 Å². The number of benzene rings is 1. The van der Waals surface area contributed by atoms with E-state index < -0.39 is 0 Å². The van der Waals surface area contributed by atoms with E-state index in [0.29, 0.717) is 6.04 Å². The average Bonchev–Trinajstić information content (AvgIpc) is 2.66. The second kappa shape index (κ2) is 5.12. The van der Waals surface area contributed by atoms with Gasteiger partial charge in [0.05, 0.1) is 11.0 Å². The lowest BCUT2D eigenvalue weighted by molar-refractivity contribution is 0.592. The van der Waals surface area contributed by atoms with Crippen LogP contribution in [0.3, 0.4) is 0 Å². The van der Waals surface area contributed by atoms with Crippen LogP contribution in [-0.4, -0.2) is 16.0 Å². The Morgan fingerprint density at radius 2 is 2.12 bits per heavy atom. The molecular weight excluding hydrogens is 198 g/mol. The minimum atomic E-state index is 0.315. The van der Waals surface area contributed by atoms with Crippen LogP contribution in [0.1, 0.15) is 32.0 Å². The van der Waals surface area contributed by atoms with Crippen LogP contribution in [0.15, 0.2) is 24.3 Å². The van der Waals surface area contributed by atoms with E-state index in [0.717, 1.165) is 36.1 Å². The Labute approximate surface area is 96.1 Å². The van der Waals surface area contributed by atoms with E-state index >= 15 is 0 Å². The fourth-order valence-corrected chi connectivity index (χ4v) is 1.88. The number of rotatable bonds is 5. The fourth-order valence-electron chi connectivity index (χ4n) is 1.88. The molecule has 0 aliphatic rings. The van der Waals surface area contributed by atoms with Crippen LogP contribution < -0.4 is 5.73 Å². The summed E-state index contributed by atoms with van der Waals surface area (Å²) in [5, 5.41) is 0. The Kier molecular flexibility index (Phi) is 3.57. The van der Waals surface area contributed by atoms with Crippen LogP contribution in [0.25, 0.3) is 11.0 Å². The summed E-state index contributed by atoms with van der Waals surface area (Å²) in [6.45, 7) is 2.06. The smallest absolute Gasteiger partial charge is 0.107 e. The van der Waals surface area contributed by atoms with E-state index in [-0.39, 0.29) is 0 Å². The molecule has 0 bridgehead atoms. The molecule has 16 heavy (non-hydrogen) atoms. The van der Waals surface area contributed by atoms with Crippen molar-refractivity contribution in [2.45, 2.75) is 38.6 Å². The highest BCUT2D eigenvalue weighted by Crippen LogP contribution is 2.12. The van der Waals surface area contributed by atoms with E-state index in [1.807, 2.05) is 18.2 Å². The van der Waals surface area contributed by atoms with Crippen LogP contribution in [-0.2, 0) is 6.42 Å². The normalized spacial score (nSPS) is 13.1. The van der Waals surface area contributed by atoms with Gasteiger partial charge in [0.1, 0.15) is 5.82 Å². The molecule has 0 aliphatic heterocycles. The lowest BCUT2D eigenvalue weighted by atomic mass is 10.1. The van der Waals surface area contributed by atoms with E-state index in [1.165, 1.54) is 6.42 Å². The van der Waals surface area contributed by atoms with Crippen molar-refractivity contribution in [2.24, 2.45) is 5.73 Å². The Morgan fingerprint density at radius 3 is 2.88 bits per heavy atom. The van der Waals surface area contributed by atoms with Crippen molar-refractivity contribution >= 4 is 11.0 Å². The van der Waals surface area contributed by atoms with Crippen molar-refractivity contribution in [3.05, 3.63) is 30.1 Å². The number of H-pyrrole nitrogens is 1. The number of hydrogen-bond acceptors (Lipinski definition) is 2. The van der Waals surface area contributed by atoms with Gasteiger partial charge in [0, 0.05) is 12.5 Å². The molecule has 1 aromatic carbocycles. The highest BCUT2D eigenvalue weighted by molar-refractivity contribution is 5.74. The molecule has 1 atom stereocenters. The first-order valence-corrected chi connectivity index (χ1v) is 5.95. The molecule has 0 saturated heterocycles. The molecule has 86 valence electrons. The Hall–Kier alpha value is -1.35. The topological polar surface area (TPSA) is 54.7 Å². The lowest BCUT2D eigenvalue weighted by Gasteiger charge is -2.02. The zero-order chi connectivity index (χ0) is 11.4. The van der Waals surface area contributed by atoms with Crippen molar-refractivity contribution in [2.75, 3.05) is 0 Å². The molecule has 3 N–H and O–H groups in total. The number of aryl methyl sites for hydroxylation is 1. The zero-order valence-electron chi connectivity index (χ0n) is 9.74.